The molecule has 0 saturated carbocycles. The van der Waals surface area contributed by atoms with Crippen LogP contribution in [-0.4, -0.2) is 51.3 Å². The average Bonchev–Trinajstić information content (AvgIpc) is 2.76. The van der Waals surface area contributed by atoms with Crippen LogP contribution in [0, 0.1) is 0 Å². The zero-order valence-electron chi connectivity index (χ0n) is 17.5. The van der Waals surface area contributed by atoms with E-state index in [1.54, 1.807) is 4.90 Å². The van der Waals surface area contributed by atoms with Crippen LogP contribution < -0.4 is 19.9 Å². The van der Waals surface area contributed by atoms with Crippen molar-refractivity contribution < 1.29 is 19.3 Å². The summed E-state index contributed by atoms with van der Waals surface area (Å²) in [5, 5.41) is 3.05. The van der Waals surface area contributed by atoms with Crippen molar-refractivity contribution in [2.75, 3.05) is 44.6 Å². The molecule has 3 N–H and O–H groups in total. The van der Waals surface area contributed by atoms with Crippen LogP contribution in [-0.2, 0) is 4.79 Å². The molecule has 0 radical (unpaired) electrons. The molecule has 3 rings (SSSR count). The number of para-hydroxylation sites is 2. The van der Waals surface area contributed by atoms with Gasteiger partial charge in [0.15, 0.2) is 6.04 Å². The molecule has 1 atom stereocenters. The number of carbonyl (C=O) groups is 1. The molecule has 0 aromatic heterocycles. The third kappa shape index (κ3) is 6.17. The maximum Gasteiger partial charge on any atom is 0.282 e. The maximum absolute atomic E-state index is 12.8. The molecule has 0 unspecified atom stereocenters. The summed E-state index contributed by atoms with van der Waals surface area (Å²) in [5.74, 6) is 0.782. The molecule has 1 aliphatic heterocycles. The summed E-state index contributed by atoms with van der Waals surface area (Å²) in [6.07, 6.45) is 4.45. The molecular formula is C24H33N3O2+2. The number of benzene rings is 2. The molecule has 29 heavy (non-hydrogen) atoms. The predicted octanol–water partition coefficient (Wildman–Crippen LogP) is 0.909. The first-order valence-electron chi connectivity index (χ1n) is 10.6. The minimum atomic E-state index is -0.0777. The fraction of sp³-hybridized carbons (Fsp3) is 0.375. The Kier molecular flexibility index (Phi) is 7.85. The number of nitrogens with one attached hydrogen (secondary N) is 3. The lowest BCUT2D eigenvalue weighted by atomic mass is 10.2. The number of carbonyl (C=O) groups excluding carboxylic acids is 1. The van der Waals surface area contributed by atoms with Crippen molar-refractivity contribution in [1.29, 1.82) is 0 Å². The summed E-state index contributed by atoms with van der Waals surface area (Å²) in [5.41, 5.74) is 2.00. The maximum atomic E-state index is 12.8. The summed E-state index contributed by atoms with van der Waals surface area (Å²) >= 11 is 0. The van der Waals surface area contributed by atoms with E-state index in [9.17, 15) is 4.79 Å². The highest BCUT2D eigenvalue weighted by molar-refractivity contribution is 5.94. The lowest BCUT2D eigenvalue weighted by Gasteiger charge is -2.32. The molecule has 5 nitrogen and oxygen atoms in total. The van der Waals surface area contributed by atoms with Gasteiger partial charge in [0.2, 0.25) is 0 Å². The molecule has 1 saturated heterocycles. The van der Waals surface area contributed by atoms with Crippen LogP contribution in [0.4, 0.5) is 5.69 Å². The normalized spacial score (nSPS) is 20.3. The summed E-state index contributed by atoms with van der Waals surface area (Å²) in [6, 6.07) is 18.0. The third-order valence-electron chi connectivity index (χ3n) is 5.57. The van der Waals surface area contributed by atoms with Gasteiger partial charge in [0.1, 0.15) is 31.9 Å². The van der Waals surface area contributed by atoms with Crippen LogP contribution in [0.5, 0.6) is 5.75 Å². The summed E-state index contributed by atoms with van der Waals surface area (Å²) < 4.78 is 5.62. The average molecular weight is 396 g/mol. The lowest BCUT2D eigenvalue weighted by Crippen LogP contribution is -3.29. The van der Waals surface area contributed by atoms with E-state index in [0.29, 0.717) is 6.61 Å². The Bertz CT molecular complexity index is 799. The molecule has 0 spiro atoms. The Morgan fingerprint density at radius 1 is 1.07 bits per heavy atom. The van der Waals surface area contributed by atoms with Crippen molar-refractivity contribution in [3.8, 4) is 5.75 Å². The molecular weight excluding hydrogens is 362 g/mol. The van der Waals surface area contributed by atoms with Gasteiger partial charge in [0, 0.05) is 0 Å². The van der Waals surface area contributed by atoms with Crippen LogP contribution in [0.2, 0.25) is 0 Å². The van der Waals surface area contributed by atoms with Crippen molar-refractivity contribution in [2.45, 2.75) is 19.9 Å². The second-order valence-corrected chi connectivity index (χ2v) is 7.57. The zero-order chi connectivity index (χ0) is 20.5. The first-order valence-corrected chi connectivity index (χ1v) is 10.6. The molecule has 1 aliphatic rings. The molecule has 0 bridgehead atoms. The highest BCUT2D eigenvalue weighted by atomic mass is 16.5. The number of piperazine rings is 1. The van der Waals surface area contributed by atoms with E-state index in [-0.39, 0.29) is 11.9 Å². The lowest BCUT2D eigenvalue weighted by molar-refractivity contribution is -1.02. The molecule has 154 valence electrons. The zero-order valence-corrected chi connectivity index (χ0v) is 17.5. The largest absolute Gasteiger partial charge is 0.492 e. The van der Waals surface area contributed by atoms with Gasteiger partial charge in [-0.25, -0.2) is 0 Å². The van der Waals surface area contributed by atoms with Gasteiger partial charge in [-0.05, 0) is 37.6 Å². The molecule has 1 fully saturated rings. The van der Waals surface area contributed by atoms with E-state index in [4.69, 9.17) is 4.74 Å². The molecule has 2 aromatic rings. The van der Waals surface area contributed by atoms with Gasteiger partial charge >= 0.3 is 0 Å². The number of rotatable bonds is 8. The number of ether oxygens (including phenoxy) is 1. The van der Waals surface area contributed by atoms with Crippen LogP contribution in [0.1, 0.15) is 19.4 Å². The van der Waals surface area contributed by atoms with E-state index < -0.39 is 0 Å². The van der Waals surface area contributed by atoms with Crippen LogP contribution >= 0.6 is 0 Å². The highest BCUT2D eigenvalue weighted by Gasteiger charge is 2.30. The van der Waals surface area contributed by atoms with E-state index in [1.807, 2.05) is 44.2 Å². The number of amides is 1. The van der Waals surface area contributed by atoms with Gasteiger partial charge < -0.3 is 19.9 Å². The van der Waals surface area contributed by atoms with Gasteiger partial charge in [-0.1, -0.05) is 48.5 Å². The van der Waals surface area contributed by atoms with Gasteiger partial charge in [-0.3, -0.25) is 4.79 Å². The van der Waals surface area contributed by atoms with E-state index in [2.05, 4.69) is 41.7 Å². The van der Waals surface area contributed by atoms with Crippen LogP contribution in [0.25, 0.3) is 6.08 Å². The molecule has 5 heteroatoms. The first-order chi connectivity index (χ1) is 14.2. The SMILES string of the molecule is CCOc1ccccc1NC(=O)[C@H](C)[NH+]1CC[NH+](C/C=C/c2ccccc2)CC1. The predicted molar refractivity (Wildman–Crippen MR) is 117 cm³/mol. The number of anilines is 1. The fourth-order valence-corrected chi connectivity index (χ4v) is 3.77. The Labute approximate surface area is 174 Å². The van der Waals surface area contributed by atoms with Gasteiger partial charge in [0.25, 0.3) is 5.91 Å². The van der Waals surface area contributed by atoms with Crippen LogP contribution in [0.15, 0.2) is 60.7 Å². The van der Waals surface area contributed by atoms with E-state index >= 15 is 0 Å². The molecule has 2 aromatic carbocycles. The Morgan fingerprint density at radius 3 is 2.48 bits per heavy atom. The molecule has 0 aliphatic carbocycles. The van der Waals surface area contributed by atoms with E-state index in [0.717, 1.165) is 44.2 Å². The Morgan fingerprint density at radius 2 is 1.76 bits per heavy atom. The number of quaternary nitrogens is 2. The fourth-order valence-electron chi connectivity index (χ4n) is 3.77. The highest BCUT2D eigenvalue weighted by Crippen LogP contribution is 2.23. The van der Waals surface area contributed by atoms with Gasteiger partial charge in [-0.2, -0.15) is 0 Å². The van der Waals surface area contributed by atoms with E-state index in [1.165, 1.54) is 10.5 Å². The summed E-state index contributed by atoms with van der Waals surface area (Å²) in [7, 11) is 0. The van der Waals surface area contributed by atoms with Gasteiger partial charge in [-0.15, -0.1) is 0 Å². The smallest absolute Gasteiger partial charge is 0.282 e. The number of hydrogen-bond acceptors (Lipinski definition) is 2. The van der Waals surface area contributed by atoms with Crippen molar-refractivity contribution in [3.63, 3.8) is 0 Å². The van der Waals surface area contributed by atoms with Crippen molar-refractivity contribution in [1.82, 2.24) is 0 Å². The quantitative estimate of drug-likeness (QED) is 0.622. The summed E-state index contributed by atoms with van der Waals surface area (Å²) in [4.78, 5) is 15.7. The Balaban J connectivity index is 1.46. The second-order valence-electron chi connectivity index (χ2n) is 7.57. The van der Waals surface area contributed by atoms with Crippen LogP contribution in [0.3, 0.4) is 0 Å². The minimum Gasteiger partial charge on any atom is -0.492 e. The van der Waals surface area contributed by atoms with Gasteiger partial charge in [0.05, 0.1) is 18.8 Å². The number of hydrogen-bond donors (Lipinski definition) is 3. The molecule has 1 amide bonds. The van der Waals surface area contributed by atoms with Crippen molar-refractivity contribution in [3.05, 3.63) is 66.2 Å². The third-order valence-corrected chi connectivity index (χ3v) is 5.57. The monoisotopic (exact) mass is 395 g/mol. The van der Waals surface area contributed by atoms with Crippen molar-refractivity contribution >= 4 is 17.7 Å². The standard InChI is InChI=1S/C24H31N3O2/c1-3-29-23-14-8-7-13-22(23)25-24(28)20(2)27-18-16-26(17-19-27)15-9-12-21-10-5-4-6-11-21/h4-14,20H,3,15-19H2,1-2H3,(H,25,28)/p+2/b12-9+/t20-/m0/s1. The Hall–Kier alpha value is -2.63. The minimum absolute atomic E-state index is 0.0552. The second kappa shape index (κ2) is 10.8. The first kappa shape index (κ1) is 21.1. The molecule has 1 heterocycles. The van der Waals surface area contributed by atoms with Crippen molar-refractivity contribution in [2.24, 2.45) is 0 Å². The topological polar surface area (TPSA) is 47.2 Å². The summed E-state index contributed by atoms with van der Waals surface area (Å²) in [6.45, 7) is 9.77.